The lowest BCUT2D eigenvalue weighted by Gasteiger charge is -2.12. The van der Waals surface area contributed by atoms with Gasteiger partial charge in [-0.15, -0.1) is 0 Å². The van der Waals surface area contributed by atoms with Crippen LogP contribution in [0.2, 0.25) is 5.02 Å². The minimum absolute atomic E-state index is 0.191. The summed E-state index contributed by atoms with van der Waals surface area (Å²) >= 11 is 6.15. The standard InChI is InChI=1S/C14H16ClN3O3/c1-18-12(10(7-17-18)14(19)20)8-16-6-9-11(15)4-3-5-13(9)21-2/h3-5,7,16H,6,8H2,1-2H3,(H,19,20). The summed E-state index contributed by atoms with van der Waals surface area (Å²) in [4.78, 5) is 11.1. The van der Waals surface area contributed by atoms with Crippen molar-refractivity contribution in [3.63, 3.8) is 0 Å². The number of hydrogen-bond acceptors (Lipinski definition) is 4. The van der Waals surface area contributed by atoms with Crippen molar-refractivity contribution in [3.8, 4) is 5.75 Å². The maximum Gasteiger partial charge on any atom is 0.339 e. The zero-order chi connectivity index (χ0) is 15.4. The number of methoxy groups -OCH3 is 1. The Hall–Kier alpha value is -2.05. The third-order valence-corrected chi connectivity index (χ3v) is 3.54. The van der Waals surface area contributed by atoms with E-state index in [1.165, 1.54) is 6.20 Å². The molecule has 0 amide bonds. The van der Waals surface area contributed by atoms with Crippen molar-refractivity contribution in [1.29, 1.82) is 0 Å². The first-order valence-corrected chi connectivity index (χ1v) is 6.68. The van der Waals surface area contributed by atoms with Crippen LogP contribution in [0.3, 0.4) is 0 Å². The number of aromatic nitrogens is 2. The highest BCUT2D eigenvalue weighted by atomic mass is 35.5. The van der Waals surface area contributed by atoms with Gasteiger partial charge < -0.3 is 15.2 Å². The number of hydrogen-bond donors (Lipinski definition) is 2. The van der Waals surface area contributed by atoms with Crippen molar-refractivity contribution in [1.82, 2.24) is 15.1 Å². The molecule has 2 aromatic rings. The first kappa shape index (κ1) is 15.3. The Labute approximate surface area is 127 Å². The molecule has 0 radical (unpaired) electrons. The van der Waals surface area contributed by atoms with E-state index in [9.17, 15) is 4.79 Å². The topological polar surface area (TPSA) is 76.4 Å². The maximum atomic E-state index is 11.1. The van der Waals surface area contributed by atoms with Crippen molar-refractivity contribution in [2.75, 3.05) is 7.11 Å². The highest BCUT2D eigenvalue weighted by Crippen LogP contribution is 2.26. The number of ether oxygens (including phenoxy) is 1. The quantitative estimate of drug-likeness (QED) is 0.854. The first-order chi connectivity index (χ1) is 10.0. The van der Waals surface area contributed by atoms with Gasteiger partial charge in [0.1, 0.15) is 11.3 Å². The Balaban J connectivity index is 2.09. The molecule has 0 aliphatic carbocycles. The molecule has 0 unspecified atom stereocenters. The number of aromatic carboxylic acids is 1. The Bertz CT molecular complexity index is 655. The number of benzene rings is 1. The Morgan fingerprint density at radius 2 is 2.24 bits per heavy atom. The van der Waals surface area contributed by atoms with Crippen LogP contribution in [0.25, 0.3) is 0 Å². The van der Waals surface area contributed by atoms with Gasteiger partial charge in [-0.2, -0.15) is 5.10 Å². The second-order valence-corrected chi connectivity index (χ2v) is 4.87. The van der Waals surface area contributed by atoms with E-state index in [0.29, 0.717) is 29.6 Å². The third kappa shape index (κ3) is 3.34. The van der Waals surface area contributed by atoms with Crippen molar-refractivity contribution in [2.24, 2.45) is 7.05 Å². The number of rotatable bonds is 6. The molecule has 0 atom stereocenters. The number of aryl methyl sites for hydroxylation is 1. The minimum Gasteiger partial charge on any atom is -0.496 e. The number of carboxylic acid groups (broad SMARTS) is 1. The molecule has 1 aromatic carbocycles. The summed E-state index contributed by atoms with van der Waals surface area (Å²) in [7, 11) is 3.29. The Morgan fingerprint density at radius 3 is 2.90 bits per heavy atom. The van der Waals surface area contributed by atoms with Crippen LogP contribution in [-0.4, -0.2) is 28.0 Å². The average Bonchev–Trinajstić information content (AvgIpc) is 2.82. The second kappa shape index (κ2) is 6.60. The summed E-state index contributed by atoms with van der Waals surface area (Å²) in [6, 6.07) is 5.43. The van der Waals surface area contributed by atoms with Gasteiger partial charge in [0, 0.05) is 30.7 Å². The smallest absolute Gasteiger partial charge is 0.339 e. The molecule has 1 heterocycles. The molecule has 0 aliphatic rings. The van der Waals surface area contributed by atoms with Gasteiger partial charge in [0.25, 0.3) is 0 Å². The lowest BCUT2D eigenvalue weighted by Crippen LogP contribution is -2.18. The van der Waals surface area contributed by atoms with Crippen LogP contribution >= 0.6 is 11.6 Å². The van der Waals surface area contributed by atoms with E-state index in [0.717, 1.165) is 5.56 Å². The average molecular weight is 310 g/mol. The summed E-state index contributed by atoms with van der Waals surface area (Å²) < 4.78 is 6.81. The molecule has 0 spiro atoms. The number of carbonyl (C=O) groups is 1. The van der Waals surface area contributed by atoms with E-state index in [-0.39, 0.29) is 5.56 Å². The summed E-state index contributed by atoms with van der Waals surface area (Å²) in [6.45, 7) is 0.833. The second-order valence-electron chi connectivity index (χ2n) is 4.46. The van der Waals surface area contributed by atoms with Crippen LogP contribution in [0.1, 0.15) is 21.6 Å². The molecule has 2 N–H and O–H groups in total. The molecule has 7 heteroatoms. The largest absolute Gasteiger partial charge is 0.496 e. The van der Waals surface area contributed by atoms with Crippen LogP contribution in [0.5, 0.6) is 5.75 Å². The third-order valence-electron chi connectivity index (χ3n) is 3.18. The lowest BCUT2D eigenvalue weighted by atomic mass is 10.2. The van der Waals surface area contributed by atoms with Gasteiger partial charge in [-0.05, 0) is 12.1 Å². The molecule has 0 aliphatic heterocycles. The van der Waals surface area contributed by atoms with Crippen molar-refractivity contribution < 1.29 is 14.6 Å². The number of halogens is 1. The number of nitrogens with zero attached hydrogens (tertiary/aromatic N) is 2. The molecule has 112 valence electrons. The van der Waals surface area contributed by atoms with Gasteiger partial charge in [0.05, 0.1) is 19.0 Å². The normalized spacial score (nSPS) is 10.6. The molecule has 0 saturated heterocycles. The lowest BCUT2D eigenvalue weighted by molar-refractivity contribution is 0.0695. The molecule has 0 saturated carbocycles. The first-order valence-electron chi connectivity index (χ1n) is 6.31. The van der Waals surface area contributed by atoms with Gasteiger partial charge in [0.15, 0.2) is 0 Å². The minimum atomic E-state index is -0.991. The van der Waals surface area contributed by atoms with Gasteiger partial charge in [-0.25, -0.2) is 4.79 Å². The molecular weight excluding hydrogens is 294 g/mol. The fourth-order valence-corrected chi connectivity index (χ4v) is 2.29. The van der Waals surface area contributed by atoms with Crippen LogP contribution in [-0.2, 0) is 20.1 Å². The zero-order valence-electron chi connectivity index (χ0n) is 11.8. The van der Waals surface area contributed by atoms with Gasteiger partial charge >= 0.3 is 5.97 Å². The monoisotopic (exact) mass is 309 g/mol. The highest BCUT2D eigenvalue weighted by Gasteiger charge is 2.15. The molecule has 1 aromatic heterocycles. The molecule has 6 nitrogen and oxygen atoms in total. The summed E-state index contributed by atoms with van der Waals surface area (Å²) in [6.07, 6.45) is 1.34. The van der Waals surface area contributed by atoms with E-state index in [4.69, 9.17) is 21.4 Å². The summed E-state index contributed by atoms with van der Waals surface area (Å²) in [5.41, 5.74) is 1.63. The maximum absolute atomic E-state index is 11.1. The van der Waals surface area contributed by atoms with Crippen LogP contribution < -0.4 is 10.1 Å². The van der Waals surface area contributed by atoms with E-state index in [1.54, 1.807) is 24.9 Å². The van der Waals surface area contributed by atoms with Crippen molar-refractivity contribution in [3.05, 3.63) is 46.2 Å². The Morgan fingerprint density at radius 1 is 1.48 bits per heavy atom. The summed E-state index contributed by atoms with van der Waals surface area (Å²) in [5, 5.41) is 16.8. The molecular formula is C14H16ClN3O3. The van der Waals surface area contributed by atoms with Crippen LogP contribution in [0, 0.1) is 0 Å². The van der Waals surface area contributed by atoms with Gasteiger partial charge in [-0.3, -0.25) is 4.68 Å². The van der Waals surface area contributed by atoms with Gasteiger partial charge in [0.2, 0.25) is 0 Å². The van der Waals surface area contributed by atoms with E-state index in [1.807, 2.05) is 12.1 Å². The zero-order valence-corrected chi connectivity index (χ0v) is 12.5. The highest BCUT2D eigenvalue weighted by molar-refractivity contribution is 6.31. The fourth-order valence-electron chi connectivity index (χ4n) is 2.06. The predicted octanol–water partition coefficient (Wildman–Crippen LogP) is 2.07. The number of carboxylic acids is 1. The predicted molar refractivity (Wildman–Crippen MR) is 78.7 cm³/mol. The molecule has 0 bridgehead atoms. The summed E-state index contributed by atoms with van der Waals surface area (Å²) in [5.74, 6) is -0.298. The molecule has 2 rings (SSSR count). The van der Waals surface area contributed by atoms with E-state index < -0.39 is 5.97 Å². The van der Waals surface area contributed by atoms with Crippen molar-refractivity contribution >= 4 is 17.6 Å². The van der Waals surface area contributed by atoms with Crippen LogP contribution in [0.4, 0.5) is 0 Å². The van der Waals surface area contributed by atoms with Gasteiger partial charge in [-0.1, -0.05) is 17.7 Å². The number of nitrogens with one attached hydrogen (secondary N) is 1. The van der Waals surface area contributed by atoms with Crippen LogP contribution in [0.15, 0.2) is 24.4 Å². The van der Waals surface area contributed by atoms with E-state index >= 15 is 0 Å². The van der Waals surface area contributed by atoms with E-state index in [2.05, 4.69) is 10.4 Å². The SMILES string of the molecule is COc1cccc(Cl)c1CNCc1c(C(=O)O)cnn1C. The molecule has 0 fully saturated rings. The fraction of sp³-hybridized carbons (Fsp3) is 0.286. The Kier molecular flexibility index (Phi) is 4.82. The van der Waals surface area contributed by atoms with Crippen molar-refractivity contribution in [2.45, 2.75) is 13.1 Å². The molecule has 21 heavy (non-hydrogen) atoms.